The van der Waals surface area contributed by atoms with E-state index in [1.807, 2.05) is 0 Å². The number of anilines is 1. The molecule has 6 nitrogen and oxygen atoms in total. The number of H-pyrrole nitrogens is 1. The summed E-state index contributed by atoms with van der Waals surface area (Å²) in [6, 6.07) is 8.08. The molecule has 102 valence electrons. The predicted octanol–water partition coefficient (Wildman–Crippen LogP) is 2.41. The van der Waals surface area contributed by atoms with Crippen LogP contribution in [0.4, 0.5) is 5.69 Å². The monoisotopic (exact) mass is 308 g/mol. The molecule has 3 aromatic rings. The van der Waals surface area contributed by atoms with E-state index < -0.39 is 10.0 Å². The molecule has 0 radical (unpaired) electrons. The molecular formula is C12H9ClN4O2S. The standard InChI is InChI=1S/C12H9ClN4O2S/c13-9-3-4-10(12-8(9)2-1-6-14-12)17-20(18,19)11-5-7-15-16-11/h1-7,17H,(H,15,16). The third kappa shape index (κ3) is 2.21. The molecule has 0 amide bonds. The Bertz CT molecular complexity index is 862. The van der Waals surface area contributed by atoms with Crippen molar-refractivity contribution < 1.29 is 8.42 Å². The summed E-state index contributed by atoms with van der Waals surface area (Å²) in [5.41, 5.74) is 0.850. The fourth-order valence-corrected chi connectivity index (χ4v) is 3.01. The quantitative estimate of drug-likeness (QED) is 0.777. The molecule has 0 unspecified atom stereocenters. The molecule has 0 aliphatic heterocycles. The van der Waals surface area contributed by atoms with E-state index >= 15 is 0 Å². The lowest BCUT2D eigenvalue weighted by atomic mass is 10.2. The first-order valence-electron chi connectivity index (χ1n) is 5.63. The molecule has 2 aromatic heterocycles. The lowest BCUT2D eigenvalue weighted by Crippen LogP contribution is -2.14. The van der Waals surface area contributed by atoms with Crippen LogP contribution < -0.4 is 4.72 Å². The maximum absolute atomic E-state index is 12.1. The smallest absolute Gasteiger partial charge is 0.276 e. The maximum Gasteiger partial charge on any atom is 0.278 e. The fraction of sp³-hybridized carbons (Fsp3) is 0. The zero-order valence-corrected chi connectivity index (χ0v) is 11.6. The van der Waals surface area contributed by atoms with Crippen molar-refractivity contribution >= 4 is 38.2 Å². The zero-order chi connectivity index (χ0) is 14.2. The van der Waals surface area contributed by atoms with Gasteiger partial charge >= 0.3 is 0 Å². The van der Waals surface area contributed by atoms with Crippen LogP contribution in [0.5, 0.6) is 0 Å². The molecule has 20 heavy (non-hydrogen) atoms. The van der Waals surface area contributed by atoms with Crippen molar-refractivity contribution in [1.29, 1.82) is 0 Å². The van der Waals surface area contributed by atoms with Crippen LogP contribution in [0, 0.1) is 0 Å². The molecule has 2 heterocycles. The number of hydrogen-bond acceptors (Lipinski definition) is 4. The number of aromatic amines is 1. The van der Waals surface area contributed by atoms with Gasteiger partial charge in [-0.2, -0.15) is 13.5 Å². The highest BCUT2D eigenvalue weighted by atomic mass is 35.5. The molecule has 8 heteroatoms. The third-order valence-corrected chi connectivity index (χ3v) is 4.35. The highest BCUT2D eigenvalue weighted by molar-refractivity contribution is 7.92. The van der Waals surface area contributed by atoms with Crippen LogP contribution in [0.2, 0.25) is 5.02 Å². The Morgan fingerprint density at radius 2 is 2.00 bits per heavy atom. The number of rotatable bonds is 3. The Morgan fingerprint density at radius 3 is 2.75 bits per heavy atom. The molecule has 0 spiro atoms. The third-order valence-electron chi connectivity index (χ3n) is 2.73. The summed E-state index contributed by atoms with van der Waals surface area (Å²) in [5, 5.41) is 7.21. The largest absolute Gasteiger partial charge is 0.278 e. The van der Waals surface area contributed by atoms with Crippen LogP contribution in [-0.4, -0.2) is 23.6 Å². The van der Waals surface area contributed by atoms with Gasteiger partial charge in [-0.3, -0.25) is 14.8 Å². The number of sulfonamides is 1. The van der Waals surface area contributed by atoms with Gasteiger partial charge in [0.05, 0.1) is 22.4 Å². The fourth-order valence-electron chi connectivity index (χ4n) is 1.81. The molecule has 0 aliphatic rings. The van der Waals surface area contributed by atoms with E-state index in [0.717, 1.165) is 0 Å². The van der Waals surface area contributed by atoms with Gasteiger partial charge in [-0.1, -0.05) is 11.6 Å². The lowest BCUT2D eigenvalue weighted by Gasteiger charge is -2.09. The van der Waals surface area contributed by atoms with E-state index in [2.05, 4.69) is 19.9 Å². The summed E-state index contributed by atoms with van der Waals surface area (Å²) >= 11 is 6.07. The first-order chi connectivity index (χ1) is 9.58. The summed E-state index contributed by atoms with van der Waals surface area (Å²) < 4.78 is 26.8. The van der Waals surface area contributed by atoms with Crippen LogP contribution in [0.25, 0.3) is 10.9 Å². The molecule has 0 atom stereocenters. The van der Waals surface area contributed by atoms with Gasteiger partial charge in [0.25, 0.3) is 10.0 Å². The van der Waals surface area contributed by atoms with Gasteiger partial charge in [-0.15, -0.1) is 0 Å². The van der Waals surface area contributed by atoms with E-state index in [1.54, 1.807) is 30.5 Å². The van der Waals surface area contributed by atoms with Gasteiger partial charge < -0.3 is 0 Å². The van der Waals surface area contributed by atoms with E-state index in [-0.39, 0.29) is 5.03 Å². The zero-order valence-electron chi connectivity index (χ0n) is 10.0. The number of hydrogen-bond donors (Lipinski definition) is 2. The molecule has 3 rings (SSSR count). The summed E-state index contributed by atoms with van der Waals surface area (Å²) in [6.45, 7) is 0. The average Bonchev–Trinajstić information content (AvgIpc) is 2.97. The van der Waals surface area contributed by atoms with E-state index in [9.17, 15) is 8.42 Å². The van der Waals surface area contributed by atoms with Crippen molar-refractivity contribution in [2.24, 2.45) is 0 Å². The van der Waals surface area contributed by atoms with E-state index in [1.165, 1.54) is 12.3 Å². The van der Waals surface area contributed by atoms with Crippen molar-refractivity contribution in [1.82, 2.24) is 15.2 Å². The van der Waals surface area contributed by atoms with E-state index in [4.69, 9.17) is 11.6 Å². The second-order valence-electron chi connectivity index (χ2n) is 4.02. The number of benzene rings is 1. The number of halogens is 1. The van der Waals surface area contributed by atoms with Crippen LogP contribution in [0.15, 0.2) is 47.8 Å². The molecular weight excluding hydrogens is 300 g/mol. The van der Waals surface area contributed by atoms with Gasteiger partial charge in [0, 0.05) is 11.6 Å². The normalized spacial score (nSPS) is 11.7. The van der Waals surface area contributed by atoms with Gasteiger partial charge in [-0.25, -0.2) is 0 Å². The highest BCUT2D eigenvalue weighted by Gasteiger charge is 2.17. The summed E-state index contributed by atoms with van der Waals surface area (Å²) in [5.74, 6) is 0. The molecule has 0 aliphatic carbocycles. The maximum atomic E-state index is 12.1. The lowest BCUT2D eigenvalue weighted by molar-refractivity contribution is 0.597. The van der Waals surface area contributed by atoms with E-state index in [0.29, 0.717) is 21.6 Å². The molecule has 0 saturated heterocycles. The number of aromatic nitrogens is 3. The summed E-state index contributed by atoms with van der Waals surface area (Å²) in [4.78, 5) is 4.17. The SMILES string of the molecule is O=S(=O)(Nc1ccc(Cl)c2cccnc12)c1ccn[nH]1. The minimum absolute atomic E-state index is 0.0171. The minimum Gasteiger partial charge on any atom is -0.276 e. The molecule has 0 bridgehead atoms. The van der Waals surface area contributed by atoms with Crippen molar-refractivity contribution in [3.8, 4) is 0 Å². The molecule has 0 fully saturated rings. The van der Waals surface area contributed by atoms with Crippen molar-refractivity contribution in [3.05, 3.63) is 47.7 Å². The Morgan fingerprint density at radius 1 is 1.15 bits per heavy atom. The second-order valence-corrected chi connectivity index (χ2v) is 6.08. The second kappa shape index (κ2) is 4.77. The summed E-state index contributed by atoms with van der Waals surface area (Å²) in [7, 11) is -3.73. The number of pyridine rings is 1. The van der Waals surface area contributed by atoms with Gasteiger partial charge in [0.1, 0.15) is 0 Å². The first-order valence-corrected chi connectivity index (χ1v) is 7.49. The van der Waals surface area contributed by atoms with Crippen LogP contribution >= 0.6 is 11.6 Å². The Hall–Kier alpha value is -2.12. The molecule has 2 N–H and O–H groups in total. The Balaban J connectivity index is 2.11. The van der Waals surface area contributed by atoms with Crippen molar-refractivity contribution in [2.45, 2.75) is 5.03 Å². The minimum atomic E-state index is -3.73. The average molecular weight is 309 g/mol. The Labute approximate surface area is 119 Å². The predicted molar refractivity (Wildman–Crippen MR) is 76.1 cm³/mol. The van der Waals surface area contributed by atoms with Gasteiger partial charge in [0.15, 0.2) is 5.03 Å². The number of nitrogens with zero attached hydrogens (tertiary/aromatic N) is 2. The van der Waals surface area contributed by atoms with Crippen LogP contribution in [0.3, 0.4) is 0 Å². The van der Waals surface area contributed by atoms with Gasteiger partial charge in [-0.05, 0) is 30.3 Å². The van der Waals surface area contributed by atoms with Crippen LogP contribution in [0.1, 0.15) is 0 Å². The number of nitrogens with one attached hydrogen (secondary N) is 2. The first kappa shape index (κ1) is 12.9. The van der Waals surface area contributed by atoms with Crippen LogP contribution in [-0.2, 0) is 10.0 Å². The molecule has 1 aromatic carbocycles. The van der Waals surface area contributed by atoms with Crippen molar-refractivity contribution in [3.63, 3.8) is 0 Å². The number of fused-ring (bicyclic) bond motifs is 1. The van der Waals surface area contributed by atoms with Gasteiger partial charge in [0.2, 0.25) is 0 Å². The van der Waals surface area contributed by atoms with Crippen molar-refractivity contribution in [2.75, 3.05) is 4.72 Å². The highest BCUT2D eigenvalue weighted by Crippen LogP contribution is 2.29. The molecule has 0 saturated carbocycles. The Kier molecular flexibility index (Phi) is 3.07. The topological polar surface area (TPSA) is 87.7 Å². The summed E-state index contributed by atoms with van der Waals surface area (Å²) in [6.07, 6.45) is 2.94.